The SMILES string of the molecule is Cc1nc2c(C#N)c(C(F)F)[nH]n2c(=O)c1-c1ccnc2cc(Cl)c(F)cc12. The van der Waals surface area contributed by atoms with E-state index < -0.39 is 29.1 Å². The zero-order valence-corrected chi connectivity index (χ0v) is 14.9. The summed E-state index contributed by atoms with van der Waals surface area (Å²) in [6.45, 7) is 1.51. The van der Waals surface area contributed by atoms with Crippen LogP contribution in [0, 0.1) is 24.1 Å². The number of nitrogens with zero attached hydrogens (tertiary/aromatic N) is 4. The maximum absolute atomic E-state index is 14.0. The van der Waals surface area contributed by atoms with Crippen molar-refractivity contribution < 1.29 is 13.2 Å². The summed E-state index contributed by atoms with van der Waals surface area (Å²) in [5.41, 5.74) is -1.06. The second-order valence-corrected chi connectivity index (χ2v) is 6.40. The van der Waals surface area contributed by atoms with Crippen molar-refractivity contribution in [2.75, 3.05) is 0 Å². The molecule has 0 aliphatic rings. The van der Waals surface area contributed by atoms with Crippen LogP contribution in [0.15, 0.2) is 29.2 Å². The number of pyridine rings is 1. The minimum absolute atomic E-state index is 0.0678. The van der Waals surface area contributed by atoms with Crippen molar-refractivity contribution in [2.45, 2.75) is 13.3 Å². The molecule has 28 heavy (non-hydrogen) atoms. The number of nitriles is 1. The van der Waals surface area contributed by atoms with Crippen molar-refractivity contribution in [1.82, 2.24) is 19.6 Å². The first kappa shape index (κ1) is 18.0. The Bertz CT molecular complexity index is 1370. The van der Waals surface area contributed by atoms with Gasteiger partial charge in [-0.2, -0.15) is 9.78 Å². The highest BCUT2D eigenvalue weighted by molar-refractivity contribution is 6.31. The van der Waals surface area contributed by atoms with Crippen molar-refractivity contribution >= 4 is 28.2 Å². The van der Waals surface area contributed by atoms with E-state index >= 15 is 0 Å². The lowest BCUT2D eigenvalue weighted by Gasteiger charge is -2.09. The summed E-state index contributed by atoms with van der Waals surface area (Å²) in [5, 5.41) is 11.6. The van der Waals surface area contributed by atoms with Crippen molar-refractivity contribution in [1.29, 1.82) is 5.26 Å². The Balaban J connectivity index is 2.12. The molecule has 0 amide bonds. The lowest BCUT2D eigenvalue weighted by Crippen LogP contribution is -2.19. The zero-order chi connectivity index (χ0) is 20.2. The van der Waals surface area contributed by atoms with Crippen LogP contribution in [0.4, 0.5) is 13.2 Å². The van der Waals surface area contributed by atoms with Crippen molar-refractivity contribution in [3.05, 3.63) is 62.5 Å². The molecular weight excluding hydrogens is 395 g/mol. The number of hydrogen-bond donors (Lipinski definition) is 1. The lowest BCUT2D eigenvalue weighted by atomic mass is 10.0. The summed E-state index contributed by atoms with van der Waals surface area (Å²) in [4.78, 5) is 21.3. The first-order valence-electron chi connectivity index (χ1n) is 7.91. The fraction of sp³-hybridized carbons (Fsp3) is 0.111. The van der Waals surface area contributed by atoms with Gasteiger partial charge in [-0.25, -0.2) is 18.2 Å². The molecule has 6 nitrogen and oxygen atoms in total. The summed E-state index contributed by atoms with van der Waals surface area (Å²) in [5.74, 6) is -0.693. The molecule has 3 heterocycles. The van der Waals surface area contributed by atoms with E-state index in [0.29, 0.717) is 16.5 Å². The molecular formula is C18H9ClF3N5O. The maximum atomic E-state index is 14.0. The molecule has 140 valence electrons. The minimum Gasteiger partial charge on any atom is -0.287 e. The normalized spacial score (nSPS) is 11.5. The van der Waals surface area contributed by atoms with E-state index in [2.05, 4.69) is 15.1 Å². The third-order valence-corrected chi connectivity index (χ3v) is 4.66. The van der Waals surface area contributed by atoms with Gasteiger partial charge in [-0.05, 0) is 25.1 Å². The third kappa shape index (κ3) is 2.53. The standard InChI is InChI=1S/C18H9ClF3N5O/c1-7-14(8-2-3-24-13-5-11(19)12(20)4-9(8)13)18(28)27-17(25-7)10(6-23)15(26-27)16(21)22/h2-5,16,26H,1H3. The van der Waals surface area contributed by atoms with E-state index in [1.165, 1.54) is 25.3 Å². The predicted molar refractivity (Wildman–Crippen MR) is 95.9 cm³/mol. The van der Waals surface area contributed by atoms with E-state index in [9.17, 15) is 23.2 Å². The fourth-order valence-electron chi connectivity index (χ4n) is 3.13. The molecule has 0 saturated heterocycles. The van der Waals surface area contributed by atoms with Gasteiger partial charge in [-0.1, -0.05) is 11.6 Å². The van der Waals surface area contributed by atoms with Crippen LogP contribution < -0.4 is 5.56 Å². The second kappa shape index (κ2) is 6.35. The van der Waals surface area contributed by atoms with E-state index in [-0.39, 0.29) is 21.9 Å². The van der Waals surface area contributed by atoms with Gasteiger partial charge in [0.15, 0.2) is 5.65 Å². The first-order valence-corrected chi connectivity index (χ1v) is 8.29. The number of aromatic nitrogens is 4. The summed E-state index contributed by atoms with van der Waals surface area (Å²) in [6, 6.07) is 5.62. The topological polar surface area (TPSA) is 86.8 Å². The van der Waals surface area contributed by atoms with Gasteiger partial charge < -0.3 is 0 Å². The van der Waals surface area contributed by atoms with Gasteiger partial charge >= 0.3 is 0 Å². The molecule has 1 aromatic carbocycles. The van der Waals surface area contributed by atoms with E-state index in [1.807, 2.05) is 0 Å². The summed E-state index contributed by atoms with van der Waals surface area (Å²) in [6.07, 6.45) is -1.57. The number of rotatable bonds is 2. The number of hydrogen-bond acceptors (Lipinski definition) is 4. The highest BCUT2D eigenvalue weighted by Crippen LogP contribution is 2.31. The van der Waals surface area contributed by atoms with Crippen LogP contribution in [0.5, 0.6) is 0 Å². The van der Waals surface area contributed by atoms with Gasteiger partial charge in [-0.3, -0.25) is 14.9 Å². The smallest absolute Gasteiger partial charge is 0.281 e. The van der Waals surface area contributed by atoms with Gasteiger partial charge in [0.2, 0.25) is 0 Å². The molecule has 10 heteroatoms. The Morgan fingerprint density at radius 1 is 1.36 bits per heavy atom. The molecule has 0 saturated carbocycles. The summed E-state index contributed by atoms with van der Waals surface area (Å²) < 4.78 is 41.2. The zero-order valence-electron chi connectivity index (χ0n) is 14.1. The van der Waals surface area contributed by atoms with Gasteiger partial charge in [0.05, 0.1) is 21.8 Å². The van der Waals surface area contributed by atoms with E-state index in [1.54, 1.807) is 6.07 Å². The van der Waals surface area contributed by atoms with Crippen molar-refractivity contribution in [3.63, 3.8) is 0 Å². The highest BCUT2D eigenvalue weighted by Gasteiger charge is 2.24. The van der Waals surface area contributed by atoms with Crippen LogP contribution in [-0.4, -0.2) is 19.6 Å². The molecule has 1 N–H and O–H groups in total. The number of benzene rings is 1. The second-order valence-electron chi connectivity index (χ2n) is 5.99. The molecule has 0 aliphatic heterocycles. The van der Waals surface area contributed by atoms with Crippen molar-refractivity contribution in [2.24, 2.45) is 0 Å². The van der Waals surface area contributed by atoms with Crippen LogP contribution in [0.2, 0.25) is 5.02 Å². The molecule has 0 aliphatic carbocycles. The van der Waals surface area contributed by atoms with E-state index in [4.69, 9.17) is 11.6 Å². The van der Waals surface area contributed by atoms with Crippen LogP contribution in [0.3, 0.4) is 0 Å². The highest BCUT2D eigenvalue weighted by atomic mass is 35.5. The van der Waals surface area contributed by atoms with Crippen LogP contribution in [0.25, 0.3) is 27.7 Å². The minimum atomic E-state index is -2.99. The monoisotopic (exact) mass is 403 g/mol. The summed E-state index contributed by atoms with van der Waals surface area (Å²) in [7, 11) is 0. The summed E-state index contributed by atoms with van der Waals surface area (Å²) >= 11 is 5.79. The number of alkyl halides is 2. The molecule has 0 radical (unpaired) electrons. The average Bonchev–Trinajstić information content (AvgIpc) is 3.02. The van der Waals surface area contributed by atoms with Crippen LogP contribution in [0.1, 0.15) is 23.4 Å². The average molecular weight is 404 g/mol. The van der Waals surface area contributed by atoms with Gasteiger partial charge in [0, 0.05) is 17.1 Å². The van der Waals surface area contributed by atoms with Gasteiger partial charge in [-0.15, -0.1) is 0 Å². The Morgan fingerprint density at radius 3 is 2.79 bits per heavy atom. The molecule has 0 unspecified atom stereocenters. The fourth-order valence-corrected chi connectivity index (χ4v) is 3.29. The van der Waals surface area contributed by atoms with Crippen LogP contribution >= 0.6 is 11.6 Å². The van der Waals surface area contributed by atoms with E-state index in [0.717, 1.165) is 10.6 Å². The van der Waals surface area contributed by atoms with Crippen LogP contribution in [-0.2, 0) is 0 Å². The molecule has 0 bridgehead atoms. The number of halogens is 4. The molecule has 4 rings (SSSR count). The number of aromatic amines is 1. The quantitative estimate of drug-likeness (QED) is 0.544. The number of nitrogens with one attached hydrogen (secondary N) is 1. The Kier molecular flexibility index (Phi) is 4.08. The third-order valence-electron chi connectivity index (χ3n) is 4.37. The number of H-pyrrole nitrogens is 1. The molecule has 4 aromatic rings. The largest absolute Gasteiger partial charge is 0.287 e. The Morgan fingerprint density at radius 2 is 2.11 bits per heavy atom. The van der Waals surface area contributed by atoms with Gasteiger partial charge in [0.1, 0.15) is 23.1 Å². The molecule has 0 fully saturated rings. The Hall–Kier alpha value is -3.38. The number of fused-ring (bicyclic) bond motifs is 2. The maximum Gasteiger partial charge on any atom is 0.281 e. The lowest BCUT2D eigenvalue weighted by molar-refractivity contribution is 0.145. The molecule has 0 spiro atoms. The van der Waals surface area contributed by atoms with Gasteiger partial charge in [0.25, 0.3) is 12.0 Å². The predicted octanol–water partition coefficient (Wildman–Crippen LogP) is 4.15. The number of aryl methyl sites for hydroxylation is 1. The molecule has 3 aromatic heterocycles. The van der Waals surface area contributed by atoms with Crippen molar-refractivity contribution in [3.8, 4) is 17.2 Å². The first-order chi connectivity index (χ1) is 13.3. The molecule has 0 atom stereocenters. The Labute approximate surface area is 159 Å².